The Labute approximate surface area is 92.7 Å². The highest BCUT2D eigenvalue weighted by Gasteiger charge is 2.08. The molecule has 3 nitrogen and oxygen atoms in total. The van der Waals surface area contributed by atoms with Gasteiger partial charge in [-0.15, -0.1) is 0 Å². The summed E-state index contributed by atoms with van der Waals surface area (Å²) in [5, 5.41) is 4.56. The van der Waals surface area contributed by atoms with E-state index in [1.807, 2.05) is 0 Å². The number of aromatic nitrogens is 2. The average Bonchev–Trinajstić information content (AvgIpc) is 2.49. The molecule has 0 amide bonds. The van der Waals surface area contributed by atoms with Crippen molar-refractivity contribution >= 4 is 0 Å². The Morgan fingerprint density at radius 2 is 1.93 bits per heavy atom. The third kappa shape index (κ3) is 3.06. The highest BCUT2D eigenvalue weighted by atomic mass is 15.3. The van der Waals surface area contributed by atoms with Crippen LogP contribution >= 0.6 is 0 Å². The van der Waals surface area contributed by atoms with E-state index in [1.165, 1.54) is 29.8 Å². The lowest BCUT2D eigenvalue weighted by atomic mass is 10.1. The highest BCUT2D eigenvalue weighted by molar-refractivity contribution is 5.24. The molecule has 0 aliphatic carbocycles. The second-order valence-electron chi connectivity index (χ2n) is 4.08. The fourth-order valence-corrected chi connectivity index (χ4v) is 2.05. The molecule has 0 saturated carbocycles. The number of rotatable bonds is 6. The van der Waals surface area contributed by atoms with Crippen molar-refractivity contribution in [2.24, 2.45) is 5.73 Å². The van der Waals surface area contributed by atoms with Crippen LogP contribution < -0.4 is 5.73 Å². The van der Waals surface area contributed by atoms with Gasteiger partial charge >= 0.3 is 0 Å². The van der Waals surface area contributed by atoms with Crippen molar-refractivity contribution in [1.29, 1.82) is 0 Å². The van der Waals surface area contributed by atoms with Crippen molar-refractivity contribution in [2.75, 3.05) is 6.54 Å². The minimum absolute atomic E-state index is 0.803. The SMILES string of the molecule is CCc1c(C)nn(CCCCCN)c1C. The van der Waals surface area contributed by atoms with Gasteiger partial charge in [0.25, 0.3) is 0 Å². The molecular weight excluding hydrogens is 186 g/mol. The highest BCUT2D eigenvalue weighted by Crippen LogP contribution is 2.14. The number of hydrogen-bond donors (Lipinski definition) is 1. The predicted octanol–water partition coefficient (Wildman–Crippen LogP) is 2.19. The molecule has 0 radical (unpaired) electrons. The molecule has 0 aromatic carbocycles. The summed E-state index contributed by atoms with van der Waals surface area (Å²) >= 11 is 0. The maximum absolute atomic E-state index is 5.47. The first kappa shape index (κ1) is 12.2. The van der Waals surface area contributed by atoms with Crippen molar-refractivity contribution in [2.45, 2.75) is 53.0 Å². The van der Waals surface area contributed by atoms with E-state index in [0.717, 1.165) is 25.9 Å². The van der Waals surface area contributed by atoms with Crippen molar-refractivity contribution < 1.29 is 0 Å². The van der Waals surface area contributed by atoms with Gasteiger partial charge in [-0.2, -0.15) is 5.10 Å². The Kier molecular flexibility index (Phi) is 4.82. The van der Waals surface area contributed by atoms with Crippen LogP contribution in [0.3, 0.4) is 0 Å². The summed E-state index contributed by atoms with van der Waals surface area (Å²) in [5.41, 5.74) is 9.40. The van der Waals surface area contributed by atoms with Crippen LogP contribution in [-0.2, 0) is 13.0 Å². The van der Waals surface area contributed by atoms with E-state index >= 15 is 0 Å². The van der Waals surface area contributed by atoms with Crippen molar-refractivity contribution in [3.8, 4) is 0 Å². The Balaban J connectivity index is 2.54. The zero-order chi connectivity index (χ0) is 11.3. The van der Waals surface area contributed by atoms with Gasteiger partial charge in [0, 0.05) is 12.2 Å². The van der Waals surface area contributed by atoms with Crippen LogP contribution in [0.25, 0.3) is 0 Å². The standard InChI is InChI=1S/C12H23N3/c1-4-12-10(2)14-15(11(12)3)9-7-5-6-8-13/h4-9,13H2,1-3H3. The topological polar surface area (TPSA) is 43.8 Å². The summed E-state index contributed by atoms with van der Waals surface area (Å²) in [5.74, 6) is 0. The summed E-state index contributed by atoms with van der Waals surface area (Å²) in [6, 6.07) is 0. The summed E-state index contributed by atoms with van der Waals surface area (Å²) in [4.78, 5) is 0. The first-order valence-electron chi connectivity index (χ1n) is 5.93. The van der Waals surface area contributed by atoms with Gasteiger partial charge in [-0.25, -0.2) is 0 Å². The summed E-state index contributed by atoms with van der Waals surface area (Å²) in [7, 11) is 0. The lowest BCUT2D eigenvalue weighted by Gasteiger charge is -2.04. The molecular formula is C12H23N3. The zero-order valence-corrected chi connectivity index (χ0v) is 10.2. The fraction of sp³-hybridized carbons (Fsp3) is 0.750. The molecule has 0 aliphatic rings. The van der Waals surface area contributed by atoms with Gasteiger partial charge in [-0.05, 0) is 45.2 Å². The van der Waals surface area contributed by atoms with Gasteiger partial charge in [-0.3, -0.25) is 4.68 Å². The van der Waals surface area contributed by atoms with Crippen LogP contribution in [0.5, 0.6) is 0 Å². The molecule has 3 heteroatoms. The van der Waals surface area contributed by atoms with Gasteiger partial charge < -0.3 is 5.73 Å². The molecule has 15 heavy (non-hydrogen) atoms. The van der Waals surface area contributed by atoms with Crippen molar-refractivity contribution in [3.63, 3.8) is 0 Å². The molecule has 0 fully saturated rings. The van der Waals surface area contributed by atoms with Crippen LogP contribution in [0.1, 0.15) is 43.1 Å². The van der Waals surface area contributed by atoms with Gasteiger partial charge in [0.1, 0.15) is 0 Å². The largest absolute Gasteiger partial charge is 0.330 e. The lowest BCUT2D eigenvalue weighted by molar-refractivity contribution is 0.534. The fourth-order valence-electron chi connectivity index (χ4n) is 2.05. The molecule has 0 saturated heterocycles. The molecule has 0 spiro atoms. The quantitative estimate of drug-likeness (QED) is 0.730. The Morgan fingerprint density at radius 3 is 2.47 bits per heavy atom. The number of aryl methyl sites for hydroxylation is 2. The Bertz CT molecular complexity index is 302. The second kappa shape index (κ2) is 5.91. The minimum Gasteiger partial charge on any atom is -0.330 e. The Hall–Kier alpha value is -0.830. The lowest BCUT2D eigenvalue weighted by Crippen LogP contribution is -2.04. The monoisotopic (exact) mass is 209 g/mol. The van der Waals surface area contributed by atoms with Crippen LogP contribution in [0.15, 0.2) is 0 Å². The summed E-state index contributed by atoms with van der Waals surface area (Å²) in [6.07, 6.45) is 4.60. The van der Waals surface area contributed by atoms with E-state index in [-0.39, 0.29) is 0 Å². The number of nitrogens with zero attached hydrogens (tertiary/aromatic N) is 2. The Morgan fingerprint density at radius 1 is 1.20 bits per heavy atom. The van der Waals surface area contributed by atoms with Gasteiger partial charge in [0.05, 0.1) is 5.69 Å². The minimum atomic E-state index is 0.803. The third-order valence-electron chi connectivity index (χ3n) is 2.96. The molecule has 1 rings (SSSR count). The molecule has 1 aromatic rings. The maximum atomic E-state index is 5.47. The molecule has 86 valence electrons. The number of hydrogen-bond acceptors (Lipinski definition) is 2. The summed E-state index contributed by atoms with van der Waals surface area (Å²) in [6.45, 7) is 8.30. The maximum Gasteiger partial charge on any atom is 0.0628 e. The molecule has 1 heterocycles. The zero-order valence-electron chi connectivity index (χ0n) is 10.2. The first-order chi connectivity index (χ1) is 7.20. The van der Waals surface area contributed by atoms with E-state index in [9.17, 15) is 0 Å². The van der Waals surface area contributed by atoms with E-state index in [4.69, 9.17) is 5.73 Å². The van der Waals surface area contributed by atoms with Crippen LogP contribution in [0.2, 0.25) is 0 Å². The first-order valence-corrected chi connectivity index (χ1v) is 5.93. The molecule has 0 bridgehead atoms. The molecule has 0 unspecified atom stereocenters. The van der Waals surface area contributed by atoms with Gasteiger partial charge in [0.15, 0.2) is 0 Å². The normalized spacial score (nSPS) is 10.9. The van der Waals surface area contributed by atoms with E-state index in [2.05, 4.69) is 30.6 Å². The molecule has 0 atom stereocenters. The molecule has 2 N–H and O–H groups in total. The van der Waals surface area contributed by atoms with Crippen LogP contribution in [0.4, 0.5) is 0 Å². The summed E-state index contributed by atoms with van der Waals surface area (Å²) < 4.78 is 2.14. The average molecular weight is 209 g/mol. The smallest absolute Gasteiger partial charge is 0.0628 e. The number of unbranched alkanes of at least 4 members (excludes halogenated alkanes) is 2. The van der Waals surface area contributed by atoms with E-state index < -0.39 is 0 Å². The predicted molar refractivity (Wildman–Crippen MR) is 64.0 cm³/mol. The van der Waals surface area contributed by atoms with Crippen LogP contribution in [0, 0.1) is 13.8 Å². The van der Waals surface area contributed by atoms with Gasteiger partial charge in [-0.1, -0.05) is 13.3 Å². The second-order valence-corrected chi connectivity index (χ2v) is 4.08. The van der Waals surface area contributed by atoms with E-state index in [1.54, 1.807) is 0 Å². The van der Waals surface area contributed by atoms with Crippen molar-refractivity contribution in [1.82, 2.24) is 9.78 Å². The molecule has 0 aliphatic heterocycles. The van der Waals surface area contributed by atoms with Crippen LogP contribution in [-0.4, -0.2) is 16.3 Å². The van der Waals surface area contributed by atoms with E-state index in [0.29, 0.717) is 0 Å². The number of nitrogens with two attached hydrogens (primary N) is 1. The van der Waals surface area contributed by atoms with Gasteiger partial charge in [0.2, 0.25) is 0 Å². The third-order valence-corrected chi connectivity index (χ3v) is 2.96. The van der Waals surface area contributed by atoms with Crippen molar-refractivity contribution in [3.05, 3.63) is 17.0 Å². The molecule has 1 aromatic heterocycles.